The van der Waals surface area contributed by atoms with Crippen LogP contribution in [0.5, 0.6) is 0 Å². The molecule has 3 rings (SSSR count). The second kappa shape index (κ2) is 5.81. The molecule has 0 saturated heterocycles. The number of H-pyrrole nitrogens is 1. The van der Waals surface area contributed by atoms with E-state index in [-0.39, 0.29) is 12.5 Å². The van der Waals surface area contributed by atoms with Crippen molar-refractivity contribution in [3.8, 4) is 6.07 Å². The standard InChI is InChI=1S/C17H15N5O/c1-10-7-13-15(22-16(10)19)12(8-18)14(21-13)9-20-17(23)11-5-3-2-4-6-11/h2-7,21H,9H2,1H3,(H2,19,22)(H,20,23). The number of pyridine rings is 1. The molecular formula is C17H15N5O. The van der Waals surface area contributed by atoms with Gasteiger partial charge in [0.2, 0.25) is 0 Å². The van der Waals surface area contributed by atoms with Crippen molar-refractivity contribution in [3.63, 3.8) is 0 Å². The van der Waals surface area contributed by atoms with Gasteiger partial charge in [0.1, 0.15) is 23.0 Å². The molecule has 0 aliphatic rings. The van der Waals surface area contributed by atoms with E-state index in [1.807, 2.05) is 19.1 Å². The highest BCUT2D eigenvalue weighted by Gasteiger charge is 2.15. The number of hydrogen-bond acceptors (Lipinski definition) is 4. The quantitative estimate of drug-likeness (QED) is 0.689. The van der Waals surface area contributed by atoms with Crippen molar-refractivity contribution in [3.05, 3.63) is 58.8 Å². The van der Waals surface area contributed by atoms with Crippen LogP contribution in [0.1, 0.15) is 27.2 Å². The van der Waals surface area contributed by atoms with Gasteiger partial charge in [0.25, 0.3) is 5.91 Å². The van der Waals surface area contributed by atoms with Gasteiger partial charge in [-0.2, -0.15) is 5.26 Å². The second-order valence-corrected chi connectivity index (χ2v) is 5.23. The fourth-order valence-electron chi connectivity index (χ4n) is 2.39. The molecule has 0 radical (unpaired) electrons. The van der Waals surface area contributed by atoms with E-state index in [0.29, 0.717) is 28.2 Å². The SMILES string of the molecule is Cc1cc2[nH]c(CNC(=O)c3ccccc3)c(C#N)c2nc1N. The van der Waals surface area contributed by atoms with Crippen LogP contribution in [0.4, 0.5) is 5.82 Å². The van der Waals surface area contributed by atoms with Gasteiger partial charge in [0, 0.05) is 5.56 Å². The molecule has 1 aromatic carbocycles. The number of aromatic nitrogens is 2. The van der Waals surface area contributed by atoms with E-state index < -0.39 is 0 Å². The van der Waals surface area contributed by atoms with Gasteiger partial charge in [0.15, 0.2) is 0 Å². The highest BCUT2D eigenvalue weighted by molar-refractivity contribution is 5.94. The van der Waals surface area contributed by atoms with E-state index in [4.69, 9.17) is 5.73 Å². The summed E-state index contributed by atoms with van der Waals surface area (Å²) in [5, 5.41) is 12.2. The molecule has 0 unspecified atom stereocenters. The maximum atomic E-state index is 12.1. The van der Waals surface area contributed by atoms with Crippen molar-refractivity contribution in [2.75, 3.05) is 5.73 Å². The van der Waals surface area contributed by atoms with Crippen LogP contribution < -0.4 is 11.1 Å². The number of nitriles is 1. The number of aryl methyl sites for hydroxylation is 1. The minimum atomic E-state index is -0.197. The van der Waals surface area contributed by atoms with Crippen LogP contribution >= 0.6 is 0 Å². The normalized spacial score (nSPS) is 10.4. The van der Waals surface area contributed by atoms with E-state index >= 15 is 0 Å². The molecule has 1 amide bonds. The third kappa shape index (κ3) is 2.72. The maximum absolute atomic E-state index is 12.1. The Labute approximate surface area is 133 Å². The minimum absolute atomic E-state index is 0.197. The Hall–Kier alpha value is -3.33. The second-order valence-electron chi connectivity index (χ2n) is 5.23. The summed E-state index contributed by atoms with van der Waals surface area (Å²) in [6.07, 6.45) is 0. The number of carbonyl (C=O) groups excluding carboxylic acids is 1. The number of nitrogen functional groups attached to an aromatic ring is 1. The minimum Gasteiger partial charge on any atom is -0.383 e. The number of fused-ring (bicyclic) bond motifs is 1. The van der Waals surface area contributed by atoms with Crippen molar-refractivity contribution in [2.24, 2.45) is 0 Å². The van der Waals surface area contributed by atoms with Crippen LogP contribution in [0.2, 0.25) is 0 Å². The summed E-state index contributed by atoms with van der Waals surface area (Å²) in [5.41, 5.74) is 9.50. The smallest absolute Gasteiger partial charge is 0.251 e. The van der Waals surface area contributed by atoms with Crippen molar-refractivity contribution < 1.29 is 4.79 Å². The third-order valence-electron chi connectivity index (χ3n) is 3.65. The predicted molar refractivity (Wildman–Crippen MR) is 87.6 cm³/mol. The fourth-order valence-corrected chi connectivity index (χ4v) is 2.39. The number of benzene rings is 1. The number of hydrogen-bond donors (Lipinski definition) is 3. The average molecular weight is 305 g/mol. The van der Waals surface area contributed by atoms with Crippen molar-refractivity contribution in [1.82, 2.24) is 15.3 Å². The number of amides is 1. The molecule has 0 fully saturated rings. The average Bonchev–Trinajstić information content (AvgIpc) is 2.90. The molecule has 0 aliphatic carbocycles. The Bertz CT molecular complexity index is 922. The lowest BCUT2D eigenvalue weighted by Gasteiger charge is -2.04. The summed E-state index contributed by atoms with van der Waals surface area (Å²) in [6.45, 7) is 2.07. The van der Waals surface area contributed by atoms with Crippen LogP contribution in [-0.4, -0.2) is 15.9 Å². The van der Waals surface area contributed by atoms with Crippen LogP contribution in [0.3, 0.4) is 0 Å². The van der Waals surface area contributed by atoms with Crippen LogP contribution in [-0.2, 0) is 6.54 Å². The zero-order valence-corrected chi connectivity index (χ0v) is 12.6. The van der Waals surface area contributed by atoms with E-state index in [9.17, 15) is 10.1 Å². The summed E-state index contributed by atoms with van der Waals surface area (Å²) < 4.78 is 0. The van der Waals surface area contributed by atoms with E-state index in [0.717, 1.165) is 11.1 Å². The number of anilines is 1. The van der Waals surface area contributed by atoms with Gasteiger partial charge in [-0.05, 0) is 30.7 Å². The highest BCUT2D eigenvalue weighted by atomic mass is 16.1. The molecule has 0 atom stereocenters. The predicted octanol–water partition coefficient (Wildman–Crippen LogP) is 2.26. The summed E-state index contributed by atoms with van der Waals surface area (Å²) in [6, 6.07) is 12.9. The van der Waals surface area contributed by atoms with Crippen molar-refractivity contribution in [1.29, 1.82) is 5.26 Å². The topological polar surface area (TPSA) is 108 Å². The Balaban J connectivity index is 1.89. The van der Waals surface area contributed by atoms with Crippen molar-refractivity contribution in [2.45, 2.75) is 13.5 Å². The maximum Gasteiger partial charge on any atom is 0.251 e. The zero-order valence-electron chi connectivity index (χ0n) is 12.6. The number of carbonyl (C=O) groups is 1. The first-order chi connectivity index (χ1) is 11.1. The van der Waals surface area contributed by atoms with E-state index in [2.05, 4.69) is 21.4 Å². The molecule has 23 heavy (non-hydrogen) atoms. The summed E-state index contributed by atoms with van der Waals surface area (Å²) in [5.74, 6) is 0.199. The highest BCUT2D eigenvalue weighted by Crippen LogP contribution is 2.23. The Kier molecular flexibility index (Phi) is 3.69. The molecule has 6 heteroatoms. The molecule has 3 aromatic rings. The van der Waals surface area contributed by atoms with Gasteiger partial charge in [-0.25, -0.2) is 4.98 Å². The molecule has 0 aliphatic heterocycles. The molecule has 6 nitrogen and oxygen atoms in total. The van der Waals surface area contributed by atoms with Gasteiger partial charge in [-0.1, -0.05) is 18.2 Å². The lowest BCUT2D eigenvalue weighted by molar-refractivity contribution is 0.0950. The first-order valence-electron chi connectivity index (χ1n) is 7.11. The molecule has 0 bridgehead atoms. The largest absolute Gasteiger partial charge is 0.383 e. The van der Waals surface area contributed by atoms with Crippen molar-refractivity contribution >= 4 is 22.8 Å². The first-order valence-corrected chi connectivity index (χ1v) is 7.11. The van der Waals surface area contributed by atoms with Gasteiger partial charge >= 0.3 is 0 Å². The van der Waals surface area contributed by atoms with E-state index in [1.165, 1.54) is 0 Å². The summed E-state index contributed by atoms with van der Waals surface area (Å²) in [4.78, 5) is 19.5. The number of nitrogens with zero attached hydrogens (tertiary/aromatic N) is 2. The molecule has 114 valence electrons. The summed E-state index contributed by atoms with van der Waals surface area (Å²) >= 11 is 0. The Morgan fingerprint density at radius 2 is 2.13 bits per heavy atom. The Morgan fingerprint density at radius 3 is 2.83 bits per heavy atom. The first kappa shape index (κ1) is 14.6. The molecule has 2 aromatic heterocycles. The number of nitrogens with two attached hydrogens (primary N) is 1. The molecule has 4 N–H and O–H groups in total. The van der Waals surface area contributed by atoms with Gasteiger partial charge in [0.05, 0.1) is 17.8 Å². The van der Waals surface area contributed by atoms with Gasteiger partial charge in [-0.15, -0.1) is 0 Å². The number of rotatable bonds is 3. The monoisotopic (exact) mass is 305 g/mol. The van der Waals surface area contributed by atoms with Gasteiger partial charge < -0.3 is 16.0 Å². The number of nitrogens with one attached hydrogen (secondary N) is 2. The molecule has 2 heterocycles. The van der Waals surface area contributed by atoms with Gasteiger partial charge in [-0.3, -0.25) is 4.79 Å². The lowest BCUT2D eigenvalue weighted by atomic mass is 10.2. The third-order valence-corrected chi connectivity index (χ3v) is 3.65. The van der Waals surface area contributed by atoms with E-state index in [1.54, 1.807) is 24.3 Å². The fraction of sp³-hybridized carbons (Fsp3) is 0.118. The molecule has 0 spiro atoms. The molecular weight excluding hydrogens is 290 g/mol. The molecule has 0 saturated carbocycles. The lowest BCUT2D eigenvalue weighted by Crippen LogP contribution is -2.23. The summed E-state index contributed by atoms with van der Waals surface area (Å²) in [7, 11) is 0. The van der Waals surface area contributed by atoms with Crippen LogP contribution in [0, 0.1) is 18.3 Å². The Morgan fingerprint density at radius 1 is 1.39 bits per heavy atom. The van der Waals surface area contributed by atoms with Crippen LogP contribution in [0.15, 0.2) is 36.4 Å². The zero-order chi connectivity index (χ0) is 16.4. The number of aromatic amines is 1. The van der Waals surface area contributed by atoms with Crippen LogP contribution in [0.25, 0.3) is 11.0 Å².